The maximum Gasteiger partial charge on any atom is 0.237 e. The molecule has 1 aromatic carbocycles. The normalized spacial score (nSPS) is 21.8. The molecular weight excluding hydrogens is 404 g/mol. The molecule has 0 spiro atoms. The molecule has 1 aromatic heterocycles. The van der Waals surface area contributed by atoms with Crippen LogP contribution >= 0.6 is 12.4 Å². The van der Waals surface area contributed by atoms with Crippen LogP contribution in [0.15, 0.2) is 34.9 Å². The molecule has 3 heterocycles. The summed E-state index contributed by atoms with van der Waals surface area (Å²) in [6.07, 6.45) is 6.09. The summed E-state index contributed by atoms with van der Waals surface area (Å²) in [7, 11) is 1.65. The zero-order valence-electron chi connectivity index (χ0n) is 17.4. The van der Waals surface area contributed by atoms with Crippen molar-refractivity contribution in [3.8, 4) is 17.2 Å². The van der Waals surface area contributed by atoms with Crippen molar-refractivity contribution in [2.75, 3.05) is 33.3 Å². The van der Waals surface area contributed by atoms with E-state index in [1.807, 2.05) is 24.3 Å². The van der Waals surface area contributed by atoms with Crippen LogP contribution in [0.25, 0.3) is 11.5 Å². The van der Waals surface area contributed by atoms with E-state index in [4.69, 9.17) is 9.15 Å². The third-order valence-electron chi connectivity index (χ3n) is 5.82. The molecule has 1 amide bonds. The van der Waals surface area contributed by atoms with Crippen LogP contribution in [0.4, 0.5) is 0 Å². The second-order valence-electron chi connectivity index (χ2n) is 8.01. The van der Waals surface area contributed by atoms with Crippen molar-refractivity contribution >= 4 is 18.3 Å². The number of methoxy groups -OCH3 is 1. The molecule has 0 radical (unpaired) electrons. The van der Waals surface area contributed by atoms with Crippen molar-refractivity contribution in [1.29, 1.82) is 0 Å². The highest BCUT2D eigenvalue weighted by Gasteiger charge is 2.25. The van der Waals surface area contributed by atoms with Crippen LogP contribution in [0.3, 0.4) is 0 Å². The number of amides is 1. The minimum atomic E-state index is 0. The first-order valence-corrected chi connectivity index (χ1v) is 10.5. The van der Waals surface area contributed by atoms with Gasteiger partial charge in [-0.05, 0) is 69.0 Å². The molecule has 2 saturated heterocycles. The number of oxazole rings is 1. The number of benzene rings is 1. The van der Waals surface area contributed by atoms with Crippen molar-refractivity contribution < 1.29 is 13.9 Å². The van der Waals surface area contributed by atoms with Crippen molar-refractivity contribution in [2.24, 2.45) is 5.92 Å². The summed E-state index contributed by atoms with van der Waals surface area (Å²) in [5.41, 5.74) is 1.88. The average Bonchev–Trinajstić information content (AvgIpc) is 3.45. The Morgan fingerprint density at radius 3 is 2.87 bits per heavy atom. The maximum absolute atomic E-state index is 12.2. The lowest BCUT2D eigenvalue weighted by atomic mass is 9.97. The van der Waals surface area contributed by atoms with Gasteiger partial charge < -0.3 is 19.8 Å². The molecule has 2 fully saturated rings. The highest BCUT2D eigenvalue weighted by Crippen LogP contribution is 2.23. The lowest BCUT2D eigenvalue weighted by Gasteiger charge is -2.32. The molecule has 0 saturated carbocycles. The highest BCUT2D eigenvalue weighted by atomic mass is 35.5. The number of halogens is 1. The molecule has 8 heteroatoms. The number of carbonyl (C=O) groups excluding carboxylic acids is 1. The van der Waals surface area contributed by atoms with Gasteiger partial charge in [0.25, 0.3) is 0 Å². The molecule has 2 atom stereocenters. The van der Waals surface area contributed by atoms with E-state index in [-0.39, 0.29) is 24.4 Å². The van der Waals surface area contributed by atoms with Crippen LogP contribution < -0.4 is 15.4 Å². The molecular formula is C22H31ClN4O3. The van der Waals surface area contributed by atoms with Crippen LogP contribution in [0.2, 0.25) is 0 Å². The van der Waals surface area contributed by atoms with Gasteiger partial charge in [0.1, 0.15) is 12.0 Å². The predicted octanol–water partition coefficient (Wildman–Crippen LogP) is 2.85. The Kier molecular flexibility index (Phi) is 8.13. The Labute approximate surface area is 184 Å². The molecule has 2 aromatic rings. The number of nitrogens with zero attached hydrogens (tertiary/aromatic N) is 2. The molecule has 164 valence electrons. The largest absolute Gasteiger partial charge is 0.497 e. The number of carbonyl (C=O) groups is 1. The summed E-state index contributed by atoms with van der Waals surface area (Å²) in [6.45, 7) is 4.51. The van der Waals surface area contributed by atoms with E-state index in [9.17, 15) is 4.79 Å². The van der Waals surface area contributed by atoms with E-state index in [0.717, 1.165) is 75.4 Å². The zero-order chi connectivity index (χ0) is 20.1. The third-order valence-corrected chi connectivity index (χ3v) is 5.82. The van der Waals surface area contributed by atoms with Crippen molar-refractivity contribution in [3.05, 3.63) is 36.2 Å². The second-order valence-corrected chi connectivity index (χ2v) is 8.01. The van der Waals surface area contributed by atoms with Crippen molar-refractivity contribution in [3.63, 3.8) is 0 Å². The smallest absolute Gasteiger partial charge is 0.237 e. The SMILES string of the molecule is COc1ccc(-c2nc(CN3CCCC(CNC(=O)C4CCCN4)C3)co2)cc1.Cl. The van der Waals surface area contributed by atoms with E-state index in [0.29, 0.717) is 11.8 Å². The van der Waals surface area contributed by atoms with Crippen molar-refractivity contribution in [2.45, 2.75) is 38.3 Å². The van der Waals surface area contributed by atoms with Crippen LogP contribution in [0, 0.1) is 5.92 Å². The number of aromatic nitrogens is 1. The van der Waals surface area contributed by atoms with E-state index >= 15 is 0 Å². The first-order chi connectivity index (χ1) is 14.2. The fourth-order valence-corrected chi connectivity index (χ4v) is 4.21. The molecule has 2 aliphatic rings. The Bertz CT molecular complexity index is 805. The van der Waals surface area contributed by atoms with Gasteiger partial charge in [0.15, 0.2) is 0 Å². The summed E-state index contributed by atoms with van der Waals surface area (Å²) < 4.78 is 10.9. The Morgan fingerprint density at radius 2 is 2.13 bits per heavy atom. The van der Waals surface area contributed by atoms with Gasteiger partial charge in [-0.3, -0.25) is 9.69 Å². The van der Waals surface area contributed by atoms with Crippen molar-refractivity contribution in [1.82, 2.24) is 20.5 Å². The van der Waals surface area contributed by atoms with Crippen LogP contribution in [0.1, 0.15) is 31.4 Å². The van der Waals surface area contributed by atoms with E-state index < -0.39 is 0 Å². The van der Waals surface area contributed by atoms with Crippen LogP contribution in [-0.2, 0) is 11.3 Å². The summed E-state index contributed by atoms with van der Waals surface area (Å²) in [6, 6.07) is 7.72. The number of piperidine rings is 1. The van der Waals surface area contributed by atoms with E-state index in [1.54, 1.807) is 13.4 Å². The van der Waals surface area contributed by atoms with Crippen LogP contribution in [-0.4, -0.2) is 55.1 Å². The molecule has 2 unspecified atom stereocenters. The van der Waals surface area contributed by atoms with Gasteiger partial charge in [0, 0.05) is 25.2 Å². The Hall–Kier alpha value is -2.09. The third kappa shape index (κ3) is 5.74. The molecule has 4 rings (SSSR count). The quantitative estimate of drug-likeness (QED) is 0.697. The number of hydrogen-bond donors (Lipinski definition) is 2. The highest BCUT2D eigenvalue weighted by molar-refractivity contribution is 5.85. The van der Waals surface area contributed by atoms with Gasteiger partial charge >= 0.3 is 0 Å². The number of hydrogen-bond acceptors (Lipinski definition) is 6. The first-order valence-electron chi connectivity index (χ1n) is 10.5. The standard InChI is InChI=1S/C22H30N4O3.ClH/c1-28-19-8-6-17(7-9-19)22-25-18(15-29-22)14-26-11-3-4-16(13-26)12-24-21(27)20-5-2-10-23-20;/h6-9,15-16,20,23H,2-5,10-14H2,1H3,(H,24,27);1H. The Balaban J connectivity index is 0.00000256. The van der Waals surface area contributed by atoms with Gasteiger partial charge in [0.05, 0.1) is 18.8 Å². The number of ether oxygens (including phenoxy) is 1. The number of rotatable bonds is 7. The lowest BCUT2D eigenvalue weighted by molar-refractivity contribution is -0.123. The van der Waals surface area contributed by atoms with Gasteiger partial charge in [-0.25, -0.2) is 4.98 Å². The topological polar surface area (TPSA) is 79.6 Å². The second kappa shape index (κ2) is 10.8. The first kappa shape index (κ1) is 22.6. The summed E-state index contributed by atoms with van der Waals surface area (Å²) in [5.74, 6) is 2.09. The van der Waals surface area contributed by atoms with Gasteiger partial charge in [0.2, 0.25) is 11.8 Å². The molecule has 2 aliphatic heterocycles. The number of likely N-dealkylation sites (tertiary alicyclic amines) is 1. The summed E-state index contributed by atoms with van der Waals surface area (Å²) in [4.78, 5) is 19.3. The van der Waals surface area contributed by atoms with Gasteiger partial charge in [-0.1, -0.05) is 0 Å². The van der Waals surface area contributed by atoms with E-state index in [1.165, 1.54) is 0 Å². The summed E-state index contributed by atoms with van der Waals surface area (Å²) >= 11 is 0. The molecule has 30 heavy (non-hydrogen) atoms. The van der Waals surface area contributed by atoms with Gasteiger partial charge in [-0.15, -0.1) is 12.4 Å². The predicted molar refractivity (Wildman–Crippen MR) is 118 cm³/mol. The van der Waals surface area contributed by atoms with E-state index in [2.05, 4.69) is 20.5 Å². The monoisotopic (exact) mass is 434 g/mol. The Morgan fingerprint density at radius 1 is 1.30 bits per heavy atom. The fraction of sp³-hybridized carbons (Fsp3) is 0.545. The van der Waals surface area contributed by atoms with Gasteiger partial charge in [-0.2, -0.15) is 0 Å². The van der Waals surface area contributed by atoms with Crippen LogP contribution in [0.5, 0.6) is 5.75 Å². The molecule has 7 nitrogen and oxygen atoms in total. The maximum atomic E-state index is 12.2. The zero-order valence-corrected chi connectivity index (χ0v) is 18.2. The lowest BCUT2D eigenvalue weighted by Crippen LogP contribution is -2.45. The minimum absolute atomic E-state index is 0. The molecule has 2 N–H and O–H groups in total. The molecule has 0 aliphatic carbocycles. The molecule has 0 bridgehead atoms. The average molecular weight is 435 g/mol. The fourth-order valence-electron chi connectivity index (χ4n) is 4.21. The number of nitrogens with one attached hydrogen (secondary N) is 2. The summed E-state index contributed by atoms with van der Waals surface area (Å²) in [5, 5.41) is 6.40. The minimum Gasteiger partial charge on any atom is -0.497 e.